The Bertz CT molecular complexity index is 1770. The quantitative estimate of drug-likeness (QED) is 0.0781. The normalized spacial score (nSPS) is 15.8. The number of aryl methyl sites for hydroxylation is 1. The maximum absolute atomic E-state index is 14.6. The van der Waals surface area contributed by atoms with Crippen molar-refractivity contribution in [1.29, 1.82) is 0 Å². The minimum absolute atomic E-state index is 0.0608. The van der Waals surface area contributed by atoms with Crippen LogP contribution in [0.5, 0.6) is 0 Å². The number of unbranched alkanes of at least 4 members (excludes halogenated alkanes) is 5. The van der Waals surface area contributed by atoms with Gasteiger partial charge in [-0.05, 0) is 90.2 Å². The van der Waals surface area contributed by atoms with Crippen molar-refractivity contribution >= 4 is 63.5 Å². The number of hydrogen-bond donors (Lipinski definition) is 3. The molecule has 0 aromatic heterocycles. The van der Waals surface area contributed by atoms with E-state index in [0.29, 0.717) is 22.0 Å². The second kappa shape index (κ2) is 15.7. The third kappa shape index (κ3) is 7.86. The Morgan fingerprint density at radius 3 is 2.42 bits per heavy atom. The Morgan fingerprint density at radius 1 is 0.917 bits per heavy atom. The molecule has 2 aliphatic rings. The van der Waals surface area contributed by atoms with E-state index in [4.69, 9.17) is 4.84 Å². The number of benzene rings is 3. The highest BCUT2D eigenvalue weighted by Crippen LogP contribution is 2.31. The number of halogens is 4. The molecule has 48 heavy (non-hydrogen) atoms. The molecule has 3 N–H and O–H groups in total. The summed E-state index contributed by atoms with van der Waals surface area (Å²) in [6, 6.07) is 10.1. The standard InChI is InChI=1S/C34H32F3IN4O6/c35-23-13-12-22(30(29(23)37)39-25-14-11-20(38)18-24(25)36)31(44)41-48-17-6-4-2-1-3-5-8-19-9-7-10-21-28(19)34(47)42(33(21)46)26-15-16-27(43)40-32(26)45/h7,9-14,18,26,39H,1-6,8,15-17H2,(H,41,44)(H,40,43,45). The number of anilines is 2. The summed E-state index contributed by atoms with van der Waals surface area (Å²) in [5, 5.41) is 4.67. The monoisotopic (exact) mass is 776 g/mol. The van der Waals surface area contributed by atoms with Gasteiger partial charge in [-0.1, -0.05) is 37.8 Å². The maximum atomic E-state index is 14.6. The molecular weight excluding hydrogens is 744 g/mol. The number of amides is 5. The van der Waals surface area contributed by atoms with Crippen LogP contribution >= 0.6 is 22.6 Å². The Kier molecular flexibility index (Phi) is 11.5. The first-order valence-electron chi connectivity index (χ1n) is 15.5. The number of rotatable bonds is 14. The fourth-order valence-electron chi connectivity index (χ4n) is 5.75. The minimum atomic E-state index is -1.33. The second-order valence-corrected chi connectivity index (χ2v) is 12.7. The Labute approximate surface area is 287 Å². The SMILES string of the molecule is O=C1CCC(N2C(=O)c3cccc(CCCCCCCCONC(=O)c4ccc(F)c(F)c4Nc4ccc(I)cc4F)c3C2=O)C(=O)N1. The highest BCUT2D eigenvalue weighted by molar-refractivity contribution is 14.1. The van der Waals surface area contributed by atoms with Crippen LogP contribution in [0.3, 0.4) is 0 Å². The lowest BCUT2D eigenvalue weighted by Gasteiger charge is -2.27. The van der Waals surface area contributed by atoms with Gasteiger partial charge in [-0.2, -0.15) is 0 Å². The number of nitrogens with one attached hydrogen (secondary N) is 3. The second-order valence-electron chi connectivity index (χ2n) is 11.5. The molecule has 1 unspecified atom stereocenters. The number of imide groups is 2. The van der Waals surface area contributed by atoms with Crippen molar-refractivity contribution in [2.75, 3.05) is 11.9 Å². The molecule has 0 radical (unpaired) electrons. The Hall–Kier alpha value is -4.31. The molecule has 3 aromatic carbocycles. The molecular formula is C34H32F3IN4O6. The van der Waals surface area contributed by atoms with Gasteiger partial charge < -0.3 is 5.32 Å². The summed E-state index contributed by atoms with van der Waals surface area (Å²) in [6.07, 6.45) is 5.59. The van der Waals surface area contributed by atoms with E-state index in [1.807, 2.05) is 28.7 Å². The van der Waals surface area contributed by atoms with Gasteiger partial charge in [-0.15, -0.1) is 0 Å². The van der Waals surface area contributed by atoms with Gasteiger partial charge in [0, 0.05) is 9.99 Å². The van der Waals surface area contributed by atoms with Crippen LogP contribution in [0.1, 0.15) is 88.0 Å². The summed E-state index contributed by atoms with van der Waals surface area (Å²) in [5.74, 6) is -6.14. The zero-order valence-electron chi connectivity index (χ0n) is 25.7. The van der Waals surface area contributed by atoms with E-state index >= 15 is 0 Å². The molecule has 252 valence electrons. The van der Waals surface area contributed by atoms with Crippen LogP contribution < -0.4 is 16.1 Å². The third-order valence-corrected chi connectivity index (χ3v) is 8.86. The first-order chi connectivity index (χ1) is 23.1. The van der Waals surface area contributed by atoms with E-state index in [9.17, 15) is 37.1 Å². The molecule has 0 aliphatic carbocycles. The zero-order valence-corrected chi connectivity index (χ0v) is 27.8. The largest absolute Gasteiger partial charge is 0.350 e. The van der Waals surface area contributed by atoms with Crippen molar-refractivity contribution in [3.8, 4) is 0 Å². The molecule has 5 amide bonds. The van der Waals surface area contributed by atoms with E-state index in [1.165, 1.54) is 12.1 Å². The average molecular weight is 777 g/mol. The van der Waals surface area contributed by atoms with E-state index in [-0.39, 0.29) is 36.3 Å². The summed E-state index contributed by atoms with van der Waals surface area (Å²) in [6.45, 7) is 0.180. The van der Waals surface area contributed by atoms with Crippen molar-refractivity contribution in [1.82, 2.24) is 15.7 Å². The number of piperidine rings is 1. The van der Waals surface area contributed by atoms with E-state index in [0.717, 1.165) is 54.7 Å². The van der Waals surface area contributed by atoms with Crippen molar-refractivity contribution in [2.45, 2.75) is 63.8 Å². The molecule has 1 saturated heterocycles. The first-order valence-corrected chi connectivity index (χ1v) is 16.6. The highest BCUT2D eigenvalue weighted by atomic mass is 127. The van der Waals surface area contributed by atoms with Crippen molar-refractivity contribution in [3.05, 3.63) is 91.8 Å². The fraction of sp³-hybridized carbons (Fsp3) is 0.324. The van der Waals surface area contributed by atoms with Gasteiger partial charge in [0.15, 0.2) is 11.6 Å². The number of carbonyl (C=O) groups is 5. The van der Waals surface area contributed by atoms with Crippen LogP contribution in [0.4, 0.5) is 24.5 Å². The van der Waals surface area contributed by atoms with Crippen LogP contribution in [0.25, 0.3) is 0 Å². The average Bonchev–Trinajstić information content (AvgIpc) is 3.31. The molecule has 0 spiro atoms. The minimum Gasteiger partial charge on any atom is -0.350 e. The third-order valence-electron chi connectivity index (χ3n) is 8.19. The van der Waals surface area contributed by atoms with Crippen LogP contribution in [-0.4, -0.2) is 47.1 Å². The smallest absolute Gasteiger partial charge is 0.277 e. The lowest BCUT2D eigenvalue weighted by atomic mass is 9.97. The van der Waals surface area contributed by atoms with Gasteiger partial charge in [0.25, 0.3) is 17.7 Å². The molecule has 5 rings (SSSR count). The summed E-state index contributed by atoms with van der Waals surface area (Å²) in [5.41, 5.74) is 2.66. The van der Waals surface area contributed by atoms with Crippen molar-refractivity contribution < 1.29 is 42.0 Å². The molecule has 0 bridgehead atoms. The molecule has 10 nitrogen and oxygen atoms in total. The molecule has 1 fully saturated rings. The van der Waals surface area contributed by atoms with Crippen LogP contribution in [0.2, 0.25) is 0 Å². The molecule has 2 heterocycles. The lowest BCUT2D eigenvalue weighted by molar-refractivity contribution is -0.136. The van der Waals surface area contributed by atoms with Crippen LogP contribution in [-0.2, 0) is 20.8 Å². The summed E-state index contributed by atoms with van der Waals surface area (Å²) >= 11 is 1.91. The van der Waals surface area contributed by atoms with Gasteiger partial charge in [-0.25, -0.2) is 18.7 Å². The van der Waals surface area contributed by atoms with Crippen LogP contribution in [0.15, 0.2) is 48.5 Å². The summed E-state index contributed by atoms with van der Waals surface area (Å²) in [7, 11) is 0. The van der Waals surface area contributed by atoms with E-state index in [1.54, 1.807) is 18.2 Å². The number of carbonyl (C=O) groups excluding carboxylic acids is 5. The number of hydroxylamine groups is 1. The summed E-state index contributed by atoms with van der Waals surface area (Å²) in [4.78, 5) is 69.0. The Balaban J connectivity index is 1.02. The van der Waals surface area contributed by atoms with E-state index in [2.05, 4.69) is 16.1 Å². The van der Waals surface area contributed by atoms with Crippen molar-refractivity contribution in [2.24, 2.45) is 0 Å². The van der Waals surface area contributed by atoms with Crippen molar-refractivity contribution in [3.63, 3.8) is 0 Å². The Morgan fingerprint density at radius 2 is 1.67 bits per heavy atom. The maximum Gasteiger partial charge on any atom is 0.277 e. The summed E-state index contributed by atoms with van der Waals surface area (Å²) < 4.78 is 43.5. The van der Waals surface area contributed by atoms with Gasteiger partial charge in [0.1, 0.15) is 11.9 Å². The van der Waals surface area contributed by atoms with Crippen LogP contribution in [0, 0.1) is 21.0 Å². The predicted octanol–water partition coefficient (Wildman–Crippen LogP) is 6.10. The van der Waals surface area contributed by atoms with Gasteiger partial charge in [0.2, 0.25) is 11.8 Å². The number of hydrogen-bond acceptors (Lipinski definition) is 7. The number of fused-ring (bicyclic) bond motifs is 1. The first kappa shape index (κ1) is 35.0. The highest BCUT2D eigenvalue weighted by Gasteiger charge is 2.45. The molecule has 3 aromatic rings. The lowest BCUT2D eigenvalue weighted by Crippen LogP contribution is -2.54. The zero-order chi connectivity index (χ0) is 34.4. The van der Waals surface area contributed by atoms with E-state index < -0.39 is 58.7 Å². The fourth-order valence-corrected chi connectivity index (χ4v) is 6.20. The molecule has 14 heteroatoms. The molecule has 1 atom stereocenters. The number of nitrogens with zero attached hydrogens (tertiary/aromatic N) is 1. The van der Waals surface area contributed by atoms with Gasteiger partial charge in [-0.3, -0.25) is 39.0 Å². The van der Waals surface area contributed by atoms with Gasteiger partial charge in [0.05, 0.1) is 34.7 Å². The van der Waals surface area contributed by atoms with Gasteiger partial charge >= 0.3 is 0 Å². The molecule has 2 aliphatic heterocycles. The predicted molar refractivity (Wildman–Crippen MR) is 177 cm³/mol. The topological polar surface area (TPSA) is 134 Å². The molecule has 0 saturated carbocycles.